The molecule has 38 heavy (non-hydrogen) atoms. The van der Waals surface area contributed by atoms with Crippen molar-refractivity contribution in [3.8, 4) is 0 Å². The maximum Gasteiger partial charge on any atom is 0.400 e. The Balaban J connectivity index is 1.36. The van der Waals surface area contributed by atoms with Crippen LogP contribution in [0.15, 0.2) is 24.3 Å². The molecule has 0 saturated carbocycles. The monoisotopic (exact) mass is 553 g/mol. The number of nitrogens with one attached hydrogen (secondary N) is 1. The van der Waals surface area contributed by atoms with Crippen molar-refractivity contribution in [2.45, 2.75) is 116 Å². The SMILES string of the molecule is C[N+]1(Cc2ccc(C(=O)OCCCCCCCCCCCCCCCCNP(=O)(O)O)cc2)CCCCC1. The van der Waals surface area contributed by atoms with Crippen LogP contribution in [0, 0.1) is 0 Å². The fourth-order valence-corrected chi connectivity index (χ4v) is 5.89. The average molecular weight is 554 g/mol. The van der Waals surface area contributed by atoms with Gasteiger partial charge in [0.1, 0.15) is 6.54 Å². The summed E-state index contributed by atoms with van der Waals surface area (Å²) in [5.74, 6) is -0.202. The molecule has 1 aliphatic rings. The summed E-state index contributed by atoms with van der Waals surface area (Å²) in [6, 6.07) is 8.03. The number of nitrogens with zero attached hydrogens (tertiary/aromatic N) is 1. The zero-order valence-electron chi connectivity index (χ0n) is 23.9. The van der Waals surface area contributed by atoms with Gasteiger partial charge >= 0.3 is 13.7 Å². The fraction of sp³-hybridized carbons (Fsp3) is 0.767. The Morgan fingerprint density at radius 3 is 1.76 bits per heavy atom. The van der Waals surface area contributed by atoms with Gasteiger partial charge in [-0.3, -0.25) is 0 Å². The van der Waals surface area contributed by atoms with Crippen molar-refractivity contribution in [3.63, 3.8) is 0 Å². The molecule has 0 atom stereocenters. The fourth-order valence-electron chi connectivity index (χ4n) is 5.44. The molecule has 1 fully saturated rings. The van der Waals surface area contributed by atoms with Crippen LogP contribution in [0.2, 0.25) is 0 Å². The first-order valence-electron chi connectivity index (χ1n) is 15.2. The van der Waals surface area contributed by atoms with Gasteiger partial charge in [0.2, 0.25) is 0 Å². The molecule has 2 rings (SSSR count). The second-order valence-electron chi connectivity index (χ2n) is 11.5. The average Bonchev–Trinajstić information content (AvgIpc) is 2.88. The minimum absolute atomic E-state index is 0.202. The van der Waals surface area contributed by atoms with Gasteiger partial charge in [-0.15, -0.1) is 0 Å². The molecule has 0 unspecified atom stereocenters. The summed E-state index contributed by atoms with van der Waals surface area (Å²) < 4.78 is 17.3. The number of piperidine rings is 1. The number of likely N-dealkylation sites (tertiary alicyclic amines) is 1. The molecule has 0 aromatic heterocycles. The quantitative estimate of drug-likeness (QED) is 0.0649. The van der Waals surface area contributed by atoms with E-state index < -0.39 is 7.75 Å². The number of carbonyl (C=O) groups excluding carboxylic acids is 1. The Morgan fingerprint density at radius 1 is 0.789 bits per heavy atom. The molecule has 0 spiro atoms. The topological polar surface area (TPSA) is 95.9 Å². The van der Waals surface area contributed by atoms with E-state index in [4.69, 9.17) is 14.5 Å². The molecule has 0 bridgehead atoms. The van der Waals surface area contributed by atoms with Gasteiger partial charge in [-0.2, -0.15) is 0 Å². The predicted molar refractivity (Wildman–Crippen MR) is 155 cm³/mol. The Hall–Kier alpha value is -1.24. The van der Waals surface area contributed by atoms with E-state index in [0.29, 0.717) is 18.7 Å². The van der Waals surface area contributed by atoms with Crippen LogP contribution in [0.4, 0.5) is 0 Å². The lowest BCUT2D eigenvalue weighted by molar-refractivity contribution is -0.926. The second kappa shape index (κ2) is 18.9. The minimum atomic E-state index is -4.05. The van der Waals surface area contributed by atoms with E-state index in [2.05, 4.69) is 24.3 Å². The Kier molecular flexibility index (Phi) is 16.4. The van der Waals surface area contributed by atoms with Crippen LogP contribution in [0.5, 0.6) is 0 Å². The third-order valence-electron chi connectivity index (χ3n) is 7.77. The van der Waals surface area contributed by atoms with Gasteiger partial charge < -0.3 is 19.0 Å². The van der Waals surface area contributed by atoms with E-state index in [0.717, 1.165) is 43.1 Å². The number of esters is 1. The van der Waals surface area contributed by atoms with E-state index in [1.807, 2.05) is 12.1 Å². The molecule has 1 aromatic rings. The number of benzene rings is 1. The van der Waals surface area contributed by atoms with Gasteiger partial charge in [0.25, 0.3) is 0 Å². The second-order valence-corrected chi connectivity index (χ2v) is 12.9. The molecule has 8 heteroatoms. The van der Waals surface area contributed by atoms with Crippen LogP contribution in [-0.2, 0) is 15.8 Å². The van der Waals surface area contributed by atoms with Gasteiger partial charge in [0, 0.05) is 12.1 Å². The summed E-state index contributed by atoms with van der Waals surface area (Å²) in [4.78, 5) is 29.8. The van der Waals surface area contributed by atoms with Crippen molar-refractivity contribution in [2.75, 3.05) is 33.3 Å². The summed E-state index contributed by atoms with van der Waals surface area (Å²) in [5.41, 5.74) is 1.96. The molecule has 1 aliphatic heterocycles. The van der Waals surface area contributed by atoms with Crippen molar-refractivity contribution in [1.29, 1.82) is 0 Å². The number of carbonyl (C=O) groups is 1. The number of quaternary nitrogens is 1. The van der Waals surface area contributed by atoms with E-state index >= 15 is 0 Å². The number of unbranched alkanes of at least 4 members (excludes halogenated alkanes) is 13. The smallest absolute Gasteiger partial charge is 0.400 e. The van der Waals surface area contributed by atoms with E-state index in [9.17, 15) is 9.36 Å². The molecule has 3 N–H and O–H groups in total. The van der Waals surface area contributed by atoms with Crippen molar-refractivity contribution in [2.24, 2.45) is 0 Å². The van der Waals surface area contributed by atoms with Crippen molar-refractivity contribution < 1.29 is 28.4 Å². The van der Waals surface area contributed by atoms with Crippen LogP contribution >= 0.6 is 7.75 Å². The van der Waals surface area contributed by atoms with Crippen LogP contribution < -0.4 is 5.09 Å². The standard InChI is InChI=1S/C30H53N2O5P/c1-32(24-16-14-17-25-32)27-28-19-21-29(22-20-28)30(33)37-26-18-13-11-9-7-5-3-2-4-6-8-10-12-15-23-31-38(34,35)36/h19-22H,2-18,23-27H2,1H3,(H2-,31,34,35,36)/p+1. The summed E-state index contributed by atoms with van der Waals surface area (Å²) in [5, 5.41) is 2.24. The Morgan fingerprint density at radius 2 is 1.26 bits per heavy atom. The molecular formula is C30H54N2O5P+. The lowest BCUT2D eigenvalue weighted by Gasteiger charge is -2.37. The van der Waals surface area contributed by atoms with Crippen LogP contribution in [0.3, 0.4) is 0 Å². The summed E-state index contributed by atoms with van der Waals surface area (Å²) in [7, 11) is -1.70. The Bertz CT molecular complexity index is 805. The van der Waals surface area contributed by atoms with Gasteiger partial charge in [0.15, 0.2) is 0 Å². The van der Waals surface area contributed by atoms with E-state index in [1.165, 1.54) is 95.7 Å². The van der Waals surface area contributed by atoms with Crippen molar-refractivity contribution >= 4 is 13.7 Å². The largest absolute Gasteiger partial charge is 0.462 e. The lowest BCUT2D eigenvalue weighted by atomic mass is 10.0. The summed E-state index contributed by atoms with van der Waals surface area (Å²) in [6.45, 7) is 4.44. The summed E-state index contributed by atoms with van der Waals surface area (Å²) in [6.07, 6.45) is 20.5. The highest BCUT2D eigenvalue weighted by molar-refractivity contribution is 7.49. The van der Waals surface area contributed by atoms with Gasteiger partial charge in [-0.1, -0.05) is 89.2 Å². The molecule has 0 radical (unpaired) electrons. The summed E-state index contributed by atoms with van der Waals surface area (Å²) >= 11 is 0. The molecule has 1 saturated heterocycles. The third kappa shape index (κ3) is 16.0. The highest BCUT2D eigenvalue weighted by atomic mass is 31.2. The van der Waals surface area contributed by atoms with Gasteiger partial charge in [0.05, 0.1) is 32.3 Å². The molecule has 1 aromatic carbocycles. The molecule has 0 aliphatic carbocycles. The Labute approximate surface area is 231 Å². The first-order chi connectivity index (χ1) is 18.3. The lowest BCUT2D eigenvalue weighted by Crippen LogP contribution is -2.46. The maximum atomic E-state index is 12.3. The van der Waals surface area contributed by atoms with Gasteiger partial charge in [-0.05, 0) is 44.2 Å². The third-order valence-corrected chi connectivity index (χ3v) is 8.41. The normalized spacial score (nSPS) is 15.4. The molecular weight excluding hydrogens is 499 g/mol. The van der Waals surface area contributed by atoms with Crippen LogP contribution in [-0.4, -0.2) is 53.5 Å². The van der Waals surface area contributed by atoms with E-state index in [-0.39, 0.29) is 5.97 Å². The zero-order valence-corrected chi connectivity index (χ0v) is 24.8. The highest BCUT2D eigenvalue weighted by Crippen LogP contribution is 2.27. The van der Waals surface area contributed by atoms with Crippen molar-refractivity contribution in [1.82, 2.24) is 5.09 Å². The first kappa shape index (κ1) is 33.0. The first-order valence-corrected chi connectivity index (χ1v) is 16.8. The predicted octanol–water partition coefficient (Wildman–Crippen LogP) is 7.12. The number of rotatable bonds is 21. The number of ether oxygens (including phenoxy) is 1. The maximum absolute atomic E-state index is 12.3. The van der Waals surface area contributed by atoms with Crippen LogP contribution in [0.25, 0.3) is 0 Å². The molecule has 218 valence electrons. The van der Waals surface area contributed by atoms with Crippen molar-refractivity contribution in [3.05, 3.63) is 35.4 Å². The van der Waals surface area contributed by atoms with Crippen LogP contribution in [0.1, 0.15) is 125 Å². The number of hydrogen-bond donors (Lipinski definition) is 3. The molecule has 0 amide bonds. The van der Waals surface area contributed by atoms with Gasteiger partial charge in [-0.25, -0.2) is 14.4 Å². The minimum Gasteiger partial charge on any atom is -0.462 e. The van der Waals surface area contributed by atoms with E-state index in [1.54, 1.807) is 0 Å². The zero-order chi connectivity index (χ0) is 27.5. The number of hydrogen-bond acceptors (Lipinski definition) is 3. The highest BCUT2D eigenvalue weighted by Gasteiger charge is 2.24. The molecule has 7 nitrogen and oxygen atoms in total. The molecule has 1 heterocycles.